The summed E-state index contributed by atoms with van der Waals surface area (Å²) < 4.78 is 3.01. The van der Waals surface area contributed by atoms with Crippen molar-refractivity contribution in [3.8, 4) is 5.69 Å². The predicted molar refractivity (Wildman–Crippen MR) is 117 cm³/mol. The van der Waals surface area contributed by atoms with Gasteiger partial charge in [-0.25, -0.2) is 4.79 Å². The molecular formula is C23H22N4O2. The van der Waals surface area contributed by atoms with Crippen LogP contribution < -0.4 is 11.2 Å². The van der Waals surface area contributed by atoms with Crippen molar-refractivity contribution in [3.63, 3.8) is 0 Å². The van der Waals surface area contributed by atoms with Crippen LogP contribution >= 0.6 is 0 Å². The SMILES string of the molecule is Cc1cc(C)cc(-n2c(C)cc(C=Nn3c(=O)[nH]c4ccccc4c3=O)c2C)c1. The minimum Gasteiger partial charge on any atom is -0.318 e. The van der Waals surface area contributed by atoms with E-state index in [1.807, 2.05) is 19.9 Å². The fraction of sp³-hybridized carbons (Fsp3) is 0.174. The molecule has 29 heavy (non-hydrogen) atoms. The summed E-state index contributed by atoms with van der Waals surface area (Å²) in [7, 11) is 0. The van der Waals surface area contributed by atoms with Crippen molar-refractivity contribution in [2.75, 3.05) is 0 Å². The molecule has 0 aliphatic rings. The molecule has 4 rings (SSSR count). The van der Waals surface area contributed by atoms with Crippen molar-refractivity contribution in [1.29, 1.82) is 0 Å². The minimum atomic E-state index is -0.562. The van der Waals surface area contributed by atoms with Crippen LogP contribution in [0.25, 0.3) is 16.6 Å². The summed E-state index contributed by atoms with van der Waals surface area (Å²) >= 11 is 0. The summed E-state index contributed by atoms with van der Waals surface area (Å²) in [6.07, 6.45) is 1.56. The van der Waals surface area contributed by atoms with Gasteiger partial charge >= 0.3 is 5.69 Å². The first-order chi connectivity index (χ1) is 13.8. The van der Waals surface area contributed by atoms with Gasteiger partial charge in [0.1, 0.15) is 0 Å². The molecule has 4 aromatic rings. The lowest BCUT2D eigenvalue weighted by Crippen LogP contribution is -2.32. The summed E-state index contributed by atoms with van der Waals surface area (Å²) in [6.45, 7) is 8.17. The van der Waals surface area contributed by atoms with Crippen LogP contribution in [0.2, 0.25) is 0 Å². The fourth-order valence-electron chi connectivity index (χ4n) is 3.77. The van der Waals surface area contributed by atoms with Crippen molar-refractivity contribution in [1.82, 2.24) is 14.2 Å². The van der Waals surface area contributed by atoms with E-state index in [0.29, 0.717) is 10.9 Å². The van der Waals surface area contributed by atoms with E-state index in [9.17, 15) is 9.59 Å². The van der Waals surface area contributed by atoms with Gasteiger partial charge in [0.25, 0.3) is 5.56 Å². The highest BCUT2D eigenvalue weighted by Gasteiger charge is 2.11. The van der Waals surface area contributed by atoms with Gasteiger partial charge in [-0.1, -0.05) is 18.2 Å². The second-order valence-corrected chi connectivity index (χ2v) is 7.35. The predicted octanol–water partition coefficient (Wildman–Crippen LogP) is 3.60. The molecule has 2 aromatic heterocycles. The van der Waals surface area contributed by atoms with Crippen LogP contribution in [0.1, 0.15) is 28.1 Å². The van der Waals surface area contributed by atoms with Crippen molar-refractivity contribution in [2.24, 2.45) is 5.10 Å². The van der Waals surface area contributed by atoms with E-state index in [0.717, 1.165) is 27.3 Å². The van der Waals surface area contributed by atoms with E-state index in [2.05, 4.69) is 46.7 Å². The number of aromatic nitrogens is 3. The Morgan fingerprint density at radius 3 is 2.34 bits per heavy atom. The van der Waals surface area contributed by atoms with Crippen molar-refractivity contribution in [3.05, 3.63) is 97.4 Å². The Hall–Kier alpha value is -3.67. The van der Waals surface area contributed by atoms with E-state index in [-0.39, 0.29) is 0 Å². The van der Waals surface area contributed by atoms with Crippen molar-refractivity contribution < 1.29 is 0 Å². The Morgan fingerprint density at radius 2 is 1.62 bits per heavy atom. The summed E-state index contributed by atoms with van der Waals surface area (Å²) in [6, 6.07) is 15.3. The zero-order valence-electron chi connectivity index (χ0n) is 16.9. The van der Waals surface area contributed by atoms with E-state index < -0.39 is 11.2 Å². The van der Waals surface area contributed by atoms with Crippen LogP contribution in [-0.4, -0.2) is 20.4 Å². The average Bonchev–Trinajstić information content (AvgIpc) is 2.94. The first-order valence-electron chi connectivity index (χ1n) is 9.41. The maximum atomic E-state index is 12.6. The van der Waals surface area contributed by atoms with Crippen LogP contribution in [-0.2, 0) is 0 Å². The quantitative estimate of drug-likeness (QED) is 0.547. The van der Waals surface area contributed by atoms with Crippen LogP contribution in [0.3, 0.4) is 0 Å². The molecule has 0 fully saturated rings. The average molecular weight is 386 g/mol. The molecule has 0 spiro atoms. The summed E-state index contributed by atoms with van der Waals surface area (Å²) in [5.41, 5.74) is 5.85. The Balaban J connectivity index is 1.80. The molecule has 6 nitrogen and oxygen atoms in total. The highest BCUT2D eigenvalue weighted by atomic mass is 16.2. The lowest BCUT2D eigenvalue weighted by Gasteiger charge is -2.11. The number of rotatable bonds is 3. The molecule has 0 bridgehead atoms. The number of benzene rings is 2. The third kappa shape index (κ3) is 3.33. The van der Waals surface area contributed by atoms with Crippen LogP contribution in [0.5, 0.6) is 0 Å². The van der Waals surface area contributed by atoms with Crippen molar-refractivity contribution >= 4 is 17.1 Å². The normalized spacial score (nSPS) is 11.6. The highest BCUT2D eigenvalue weighted by molar-refractivity contribution is 5.82. The number of nitrogens with zero attached hydrogens (tertiary/aromatic N) is 3. The number of fused-ring (bicyclic) bond motifs is 1. The molecule has 0 saturated heterocycles. The van der Waals surface area contributed by atoms with E-state index >= 15 is 0 Å². The zero-order chi connectivity index (χ0) is 20.7. The Kier molecular flexibility index (Phi) is 4.54. The number of hydrogen-bond acceptors (Lipinski definition) is 3. The van der Waals surface area contributed by atoms with E-state index in [1.165, 1.54) is 11.1 Å². The van der Waals surface area contributed by atoms with Gasteiger partial charge in [-0.2, -0.15) is 5.10 Å². The van der Waals surface area contributed by atoms with Crippen LogP contribution in [0, 0.1) is 27.7 Å². The molecule has 0 saturated carbocycles. The molecular weight excluding hydrogens is 364 g/mol. The standard InChI is InChI=1S/C23H22N4O2/c1-14-9-15(2)11-19(10-14)26-16(3)12-18(17(26)4)13-24-27-22(28)20-7-5-6-8-21(20)25-23(27)29/h5-13H,1-4H3,(H,25,29). The topological polar surface area (TPSA) is 72.2 Å². The number of nitrogens with one attached hydrogen (secondary N) is 1. The molecule has 0 aliphatic heterocycles. The van der Waals surface area contributed by atoms with Crippen molar-refractivity contribution in [2.45, 2.75) is 27.7 Å². The van der Waals surface area contributed by atoms with Crippen LogP contribution in [0.15, 0.2) is 63.2 Å². The molecule has 2 aromatic carbocycles. The Morgan fingerprint density at radius 1 is 0.931 bits per heavy atom. The lowest BCUT2D eigenvalue weighted by atomic mass is 10.1. The molecule has 1 N–H and O–H groups in total. The summed E-state index contributed by atoms with van der Waals surface area (Å²) in [4.78, 5) is 27.7. The number of hydrogen-bond donors (Lipinski definition) is 1. The maximum Gasteiger partial charge on any atom is 0.349 e. The molecule has 0 radical (unpaired) electrons. The molecule has 146 valence electrons. The second-order valence-electron chi connectivity index (χ2n) is 7.35. The largest absolute Gasteiger partial charge is 0.349 e. The smallest absolute Gasteiger partial charge is 0.318 e. The summed E-state index contributed by atoms with van der Waals surface area (Å²) in [5, 5.41) is 4.61. The van der Waals surface area contributed by atoms with Gasteiger partial charge in [0.2, 0.25) is 0 Å². The monoisotopic (exact) mass is 386 g/mol. The minimum absolute atomic E-state index is 0.421. The van der Waals surface area contributed by atoms with Crippen LogP contribution in [0.4, 0.5) is 0 Å². The molecule has 0 aliphatic carbocycles. The first kappa shape index (κ1) is 18.7. The summed E-state index contributed by atoms with van der Waals surface area (Å²) in [5.74, 6) is 0. The maximum absolute atomic E-state index is 12.6. The molecule has 0 atom stereocenters. The van der Waals surface area contributed by atoms with Gasteiger partial charge in [-0.3, -0.25) is 4.79 Å². The fourth-order valence-corrected chi connectivity index (χ4v) is 3.77. The number of aryl methyl sites for hydroxylation is 3. The number of para-hydroxylation sites is 1. The highest BCUT2D eigenvalue weighted by Crippen LogP contribution is 2.22. The first-order valence-corrected chi connectivity index (χ1v) is 9.41. The van der Waals surface area contributed by atoms with E-state index in [4.69, 9.17) is 0 Å². The van der Waals surface area contributed by atoms with Gasteiger partial charge in [0.05, 0.1) is 17.1 Å². The molecule has 2 heterocycles. The van der Waals surface area contributed by atoms with Gasteiger partial charge in [-0.15, -0.1) is 4.68 Å². The van der Waals surface area contributed by atoms with Gasteiger partial charge in [-0.05, 0) is 69.2 Å². The number of H-pyrrole nitrogens is 1. The van der Waals surface area contributed by atoms with Gasteiger partial charge < -0.3 is 9.55 Å². The van der Waals surface area contributed by atoms with Gasteiger partial charge in [0.15, 0.2) is 0 Å². The molecule has 0 unspecified atom stereocenters. The Bertz CT molecular complexity index is 1370. The zero-order valence-corrected chi connectivity index (χ0v) is 16.9. The molecule has 0 amide bonds. The number of aromatic amines is 1. The van der Waals surface area contributed by atoms with E-state index in [1.54, 1.807) is 30.5 Å². The Labute approximate surface area is 167 Å². The third-order valence-corrected chi connectivity index (χ3v) is 5.03. The van der Waals surface area contributed by atoms with Gasteiger partial charge in [0, 0.05) is 22.6 Å². The third-order valence-electron chi connectivity index (χ3n) is 5.03. The lowest BCUT2D eigenvalue weighted by molar-refractivity contribution is 0.771. The molecule has 6 heteroatoms. The second kappa shape index (κ2) is 7.05.